The van der Waals surface area contributed by atoms with E-state index in [1.54, 1.807) is 0 Å². The molecular formula is C22H13ClN2. The van der Waals surface area contributed by atoms with Gasteiger partial charge in [0, 0.05) is 5.56 Å². The fourth-order valence-electron chi connectivity index (χ4n) is 3.40. The molecule has 0 unspecified atom stereocenters. The average Bonchev–Trinajstić information content (AvgIpc) is 2.67. The van der Waals surface area contributed by atoms with Gasteiger partial charge in [-0.05, 0) is 39.7 Å². The number of fused-ring (bicyclic) bond motifs is 4. The smallest absolute Gasteiger partial charge is 0.156 e. The summed E-state index contributed by atoms with van der Waals surface area (Å²) in [5.74, 6) is 0. The second-order valence-corrected chi connectivity index (χ2v) is 6.40. The Hall–Kier alpha value is -2.97. The summed E-state index contributed by atoms with van der Waals surface area (Å²) in [7, 11) is 0. The molecule has 0 bridgehead atoms. The summed E-state index contributed by atoms with van der Waals surface area (Å²) in [4.78, 5) is 9.35. The number of benzene rings is 4. The molecule has 0 N–H and O–H groups in total. The van der Waals surface area contributed by atoms with Crippen molar-refractivity contribution < 1.29 is 0 Å². The molecule has 0 aliphatic heterocycles. The number of halogens is 1. The fraction of sp³-hybridized carbons (Fsp3) is 0. The molecule has 0 spiro atoms. The van der Waals surface area contributed by atoms with E-state index in [0.717, 1.165) is 27.7 Å². The van der Waals surface area contributed by atoms with Crippen LogP contribution in [0.4, 0.5) is 0 Å². The largest absolute Gasteiger partial charge is 0.243 e. The van der Waals surface area contributed by atoms with Crippen molar-refractivity contribution in [3.05, 3.63) is 84.0 Å². The van der Waals surface area contributed by atoms with Crippen molar-refractivity contribution in [2.24, 2.45) is 0 Å². The van der Waals surface area contributed by atoms with E-state index in [1.807, 2.05) is 30.3 Å². The average molecular weight is 341 g/mol. The number of aromatic nitrogens is 2. The molecule has 2 nitrogen and oxygen atoms in total. The first-order chi connectivity index (χ1) is 12.3. The number of para-hydroxylation sites is 2. The van der Waals surface area contributed by atoms with E-state index < -0.39 is 0 Å². The number of hydrogen-bond acceptors (Lipinski definition) is 2. The van der Waals surface area contributed by atoms with E-state index in [2.05, 4.69) is 53.5 Å². The van der Waals surface area contributed by atoms with Gasteiger partial charge in [0.1, 0.15) is 5.69 Å². The van der Waals surface area contributed by atoms with Gasteiger partial charge in [0.2, 0.25) is 0 Å². The summed E-state index contributed by atoms with van der Waals surface area (Å²) in [5, 5.41) is 5.15. The Morgan fingerprint density at radius 1 is 0.600 bits per heavy atom. The Morgan fingerprint density at radius 3 is 2.00 bits per heavy atom. The molecule has 0 amide bonds. The summed E-state index contributed by atoms with van der Waals surface area (Å²) in [6.07, 6.45) is 0. The van der Waals surface area contributed by atoms with Crippen molar-refractivity contribution >= 4 is 44.2 Å². The van der Waals surface area contributed by atoms with E-state index in [9.17, 15) is 0 Å². The van der Waals surface area contributed by atoms with Crippen LogP contribution in [0, 0.1) is 0 Å². The van der Waals surface area contributed by atoms with Crippen LogP contribution in [0.15, 0.2) is 78.9 Å². The van der Waals surface area contributed by atoms with Crippen molar-refractivity contribution in [1.29, 1.82) is 0 Å². The van der Waals surface area contributed by atoms with Crippen LogP contribution in [0.5, 0.6) is 0 Å². The van der Waals surface area contributed by atoms with E-state index in [4.69, 9.17) is 16.6 Å². The highest BCUT2D eigenvalue weighted by Crippen LogP contribution is 2.36. The third-order valence-electron chi connectivity index (χ3n) is 4.55. The quantitative estimate of drug-likeness (QED) is 0.337. The van der Waals surface area contributed by atoms with E-state index >= 15 is 0 Å². The highest BCUT2D eigenvalue weighted by atomic mass is 35.5. The van der Waals surface area contributed by atoms with E-state index in [-0.39, 0.29) is 0 Å². The zero-order valence-corrected chi connectivity index (χ0v) is 14.0. The first-order valence-electron chi connectivity index (χ1n) is 8.14. The molecule has 0 aliphatic carbocycles. The van der Waals surface area contributed by atoms with Gasteiger partial charge in [-0.15, -0.1) is 0 Å². The van der Waals surface area contributed by atoms with Crippen molar-refractivity contribution in [1.82, 2.24) is 9.97 Å². The number of rotatable bonds is 1. The molecular weight excluding hydrogens is 328 g/mol. The number of hydrogen-bond donors (Lipinski definition) is 0. The molecule has 25 heavy (non-hydrogen) atoms. The third kappa shape index (κ3) is 2.26. The zero-order valence-electron chi connectivity index (χ0n) is 13.3. The summed E-state index contributed by atoms with van der Waals surface area (Å²) in [6, 6.07) is 26.7. The Labute approximate surface area is 149 Å². The second-order valence-electron chi connectivity index (χ2n) is 6.04. The van der Waals surface area contributed by atoms with Crippen LogP contribution in [0.2, 0.25) is 5.15 Å². The Bertz CT molecular complexity index is 1260. The van der Waals surface area contributed by atoms with E-state index in [1.165, 1.54) is 16.2 Å². The third-order valence-corrected chi connectivity index (χ3v) is 4.81. The number of nitrogens with zero attached hydrogens (tertiary/aromatic N) is 2. The van der Waals surface area contributed by atoms with Crippen molar-refractivity contribution in [3.63, 3.8) is 0 Å². The summed E-state index contributed by atoms with van der Waals surface area (Å²) in [6.45, 7) is 0. The lowest BCUT2D eigenvalue weighted by atomic mass is 9.96. The van der Waals surface area contributed by atoms with Gasteiger partial charge in [-0.1, -0.05) is 72.3 Å². The SMILES string of the molecule is Clc1nc2ccccc2nc1-c1cc2ccccc2c2ccccc12. The molecule has 0 aliphatic rings. The molecule has 0 saturated carbocycles. The predicted molar refractivity (Wildman–Crippen MR) is 105 cm³/mol. The van der Waals surface area contributed by atoms with Crippen LogP contribution in [-0.2, 0) is 0 Å². The predicted octanol–water partition coefficient (Wildman–Crippen LogP) is 6.26. The standard InChI is InChI=1S/C22H13ClN2/c23-22-21(24-19-11-5-6-12-20(19)25-22)18-13-14-7-1-2-8-15(14)16-9-3-4-10-17(16)18/h1-13H. The molecule has 0 radical (unpaired) electrons. The van der Waals surface area contributed by atoms with Gasteiger partial charge in [-0.25, -0.2) is 9.97 Å². The highest BCUT2D eigenvalue weighted by Gasteiger charge is 2.14. The molecule has 3 heteroatoms. The zero-order chi connectivity index (χ0) is 16.8. The van der Waals surface area contributed by atoms with Gasteiger partial charge in [-0.3, -0.25) is 0 Å². The molecule has 118 valence electrons. The van der Waals surface area contributed by atoms with E-state index in [0.29, 0.717) is 5.15 Å². The summed E-state index contributed by atoms with van der Waals surface area (Å²) in [5.41, 5.74) is 3.39. The first kappa shape index (κ1) is 14.4. The fourth-order valence-corrected chi connectivity index (χ4v) is 3.64. The lowest BCUT2D eigenvalue weighted by Gasteiger charge is -2.12. The van der Waals surface area contributed by atoms with Gasteiger partial charge in [0.25, 0.3) is 0 Å². The highest BCUT2D eigenvalue weighted by molar-refractivity contribution is 6.33. The van der Waals surface area contributed by atoms with Gasteiger partial charge >= 0.3 is 0 Å². The topological polar surface area (TPSA) is 25.8 Å². The minimum Gasteiger partial charge on any atom is -0.243 e. The molecule has 4 aromatic carbocycles. The van der Waals surface area contributed by atoms with Crippen molar-refractivity contribution in [3.8, 4) is 11.3 Å². The first-order valence-corrected chi connectivity index (χ1v) is 8.52. The summed E-state index contributed by atoms with van der Waals surface area (Å²) >= 11 is 6.52. The van der Waals surface area contributed by atoms with Gasteiger partial charge in [0.05, 0.1) is 11.0 Å². The normalized spacial score (nSPS) is 11.4. The maximum absolute atomic E-state index is 6.52. The molecule has 0 atom stereocenters. The maximum Gasteiger partial charge on any atom is 0.156 e. The van der Waals surface area contributed by atoms with Gasteiger partial charge in [0.15, 0.2) is 5.15 Å². The molecule has 5 rings (SSSR count). The molecule has 0 fully saturated rings. The van der Waals surface area contributed by atoms with Crippen LogP contribution in [0.1, 0.15) is 0 Å². The Morgan fingerprint density at radius 2 is 1.20 bits per heavy atom. The summed E-state index contributed by atoms with van der Waals surface area (Å²) < 4.78 is 0. The van der Waals surface area contributed by atoms with Crippen LogP contribution in [0.3, 0.4) is 0 Å². The second kappa shape index (κ2) is 5.54. The van der Waals surface area contributed by atoms with Gasteiger partial charge in [-0.2, -0.15) is 0 Å². The van der Waals surface area contributed by atoms with Crippen molar-refractivity contribution in [2.45, 2.75) is 0 Å². The lowest BCUT2D eigenvalue weighted by Crippen LogP contribution is -1.93. The Kier molecular flexibility index (Phi) is 3.19. The minimum atomic E-state index is 0.430. The Balaban J connectivity index is 1.93. The van der Waals surface area contributed by atoms with Crippen molar-refractivity contribution in [2.75, 3.05) is 0 Å². The van der Waals surface area contributed by atoms with Crippen LogP contribution < -0.4 is 0 Å². The maximum atomic E-state index is 6.52. The lowest BCUT2D eigenvalue weighted by molar-refractivity contribution is 1.30. The molecule has 5 aromatic rings. The van der Waals surface area contributed by atoms with Gasteiger partial charge < -0.3 is 0 Å². The molecule has 0 saturated heterocycles. The molecule has 1 heterocycles. The van der Waals surface area contributed by atoms with Crippen LogP contribution in [0.25, 0.3) is 43.8 Å². The van der Waals surface area contributed by atoms with Crippen LogP contribution >= 0.6 is 11.6 Å². The monoisotopic (exact) mass is 340 g/mol. The van der Waals surface area contributed by atoms with Crippen LogP contribution in [-0.4, -0.2) is 9.97 Å². The minimum absolute atomic E-state index is 0.430. The molecule has 1 aromatic heterocycles.